The van der Waals surface area contributed by atoms with Crippen LogP contribution in [0, 0.1) is 0 Å². The molecule has 0 spiro atoms. The number of carbonyl (C=O) groups is 3. The molecule has 0 amide bonds. The fourth-order valence-corrected chi connectivity index (χ4v) is 1.35. The largest absolute Gasteiger partial charge is 0.495 e. The number of carboxylic acid groups (broad SMARTS) is 3. The minimum Gasteiger partial charge on any atom is -0.495 e. The molecule has 1 aromatic carbocycles. The predicted octanol–water partition coefficient (Wildman–Crippen LogP) is 0.790. The molecular weight excluding hydrogens is 232 g/mol. The van der Waals surface area contributed by atoms with E-state index < -0.39 is 40.3 Å². The van der Waals surface area contributed by atoms with E-state index in [0.29, 0.717) is 0 Å². The van der Waals surface area contributed by atoms with Gasteiger partial charge in [-0.05, 0) is 12.1 Å². The second-order valence-electron chi connectivity index (χ2n) is 2.98. The lowest BCUT2D eigenvalue weighted by Crippen LogP contribution is -2.13. The first kappa shape index (κ1) is 12.5. The Bertz CT molecular complexity index is 504. The van der Waals surface area contributed by atoms with Crippen LogP contribution in [0.1, 0.15) is 31.1 Å². The van der Waals surface area contributed by atoms with E-state index in [-0.39, 0.29) is 0 Å². The third-order valence-corrected chi connectivity index (χ3v) is 2.04. The lowest BCUT2D eigenvalue weighted by molar-refractivity contribution is 0.0644. The van der Waals surface area contributed by atoms with Crippen LogP contribution in [0.15, 0.2) is 12.1 Å². The molecule has 0 saturated carbocycles. The van der Waals surface area contributed by atoms with Crippen molar-refractivity contribution in [3.8, 4) is 5.75 Å². The number of aromatic carboxylic acids is 3. The summed E-state index contributed by atoms with van der Waals surface area (Å²) in [6.45, 7) is 0. The van der Waals surface area contributed by atoms with E-state index in [9.17, 15) is 14.4 Å². The Morgan fingerprint density at radius 1 is 0.941 bits per heavy atom. The second-order valence-corrected chi connectivity index (χ2v) is 2.98. The number of rotatable bonds is 4. The number of hydrogen-bond donors (Lipinski definition) is 3. The number of carboxylic acids is 3. The zero-order valence-electron chi connectivity index (χ0n) is 8.63. The summed E-state index contributed by atoms with van der Waals surface area (Å²) in [5.41, 5.74) is -1.62. The number of hydrogen-bond acceptors (Lipinski definition) is 4. The average molecular weight is 240 g/mol. The molecule has 7 heteroatoms. The van der Waals surface area contributed by atoms with Gasteiger partial charge in [0.05, 0.1) is 12.7 Å². The molecule has 0 bridgehead atoms. The van der Waals surface area contributed by atoms with Crippen LogP contribution in [-0.2, 0) is 0 Å². The molecule has 1 rings (SSSR count). The fourth-order valence-electron chi connectivity index (χ4n) is 1.35. The van der Waals surface area contributed by atoms with Crippen molar-refractivity contribution in [2.45, 2.75) is 0 Å². The van der Waals surface area contributed by atoms with Crippen LogP contribution < -0.4 is 4.74 Å². The zero-order valence-corrected chi connectivity index (χ0v) is 8.63. The normalized spacial score (nSPS) is 9.71. The van der Waals surface area contributed by atoms with E-state index in [1.807, 2.05) is 0 Å². The Morgan fingerprint density at radius 2 is 1.41 bits per heavy atom. The Kier molecular flexibility index (Phi) is 3.32. The van der Waals surface area contributed by atoms with Crippen LogP contribution in [0.25, 0.3) is 0 Å². The average Bonchev–Trinajstić information content (AvgIpc) is 2.26. The summed E-state index contributed by atoms with van der Waals surface area (Å²) in [7, 11) is 1.07. The maximum Gasteiger partial charge on any atom is 0.340 e. The van der Waals surface area contributed by atoms with Crippen molar-refractivity contribution in [1.29, 1.82) is 0 Å². The van der Waals surface area contributed by atoms with E-state index in [1.54, 1.807) is 0 Å². The molecule has 0 fully saturated rings. The minimum absolute atomic E-state index is 0.407. The van der Waals surface area contributed by atoms with Crippen molar-refractivity contribution in [1.82, 2.24) is 0 Å². The van der Waals surface area contributed by atoms with Gasteiger partial charge in [-0.3, -0.25) is 0 Å². The monoisotopic (exact) mass is 240 g/mol. The van der Waals surface area contributed by atoms with Gasteiger partial charge in [0, 0.05) is 0 Å². The highest BCUT2D eigenvalue weighted by atomic mass is 16.5. The molecule has 0 radical (unpaired) electrons. The first-order valence-corrected chi connectivity index (χ1v) is 4.31. The van der Waals surface area contributed by atoms with Gasteiger partial charge in [-0.25, -0.2) is 14.4 Å². The van der Waals surface area contributed by atoms with Gasteiger partial charge < -0.3 is 20.1 Å². The van der Waals surface area contributed by atoms with Crippen molar-refractivity contribution < 1.29 is 34.4 Å². The maximum absolute atomic E-state index is 10.9. The van der Waals surface area contributed by atoms with E-state index in [0.717, 1.165) is 19.2 Å². The fraction of sp³-hybridized carbons (Fsp3) is 0.100. The van der Waals surface area contributed by atoms with Gasteiger partial charge >= 0.3 is 17.9 Å². The summed E-state index contributed by atoms with van der Waals surface area (Å²) < 4.78 is 4.66. The third kappa shape index (κ3) is 2.17. The quantitative estimate of drug-likeness (QED) is 0.711. The highest BCUT2D eigenvalue weighted by molar-refractivity contribution is 6.07. The molecule has 1 aromatic rings. The van der Waals surface area contributed by atoms with Crippen LogP contribution in [0.2, 0.25) is 0 Å². The van der Waals surface area contributed by atoms with Crippen molar-refractivity contribution in [2.24, 2.45) is 0 Å². The van der Waals surface area contributed by atoms with Crippen LogP contribution in [0.4, 0.5) is 0 Å². The van der Waals surface area contributed by atoms with E-state index in [2.05, 4.69) is 4.74 Å². The molecule has 0 aliphatic heterocycles. The molecule has 0 aliphatic rings. The van der Waals surface area contributed by atoms with Crippen LogP contribution in [0.3, 0.4) is 0 Å². The predicted molar refractivity (Wildman–Crippen MR) is 53.9 cm³/mol. The van der Waals surface area contributed by atoms with Gasteiger partial charge in [0.15, 0.2) is 0 Å². The molecule has 3 N–H and O–H groups in total. The van der Waals surface area contributed by atoms with E-state index >= 15 is 0 Å². The molecule has 0 aliphatic carbocycles. The molecular formula is C10H8O7. The lowest BCUT2D eigenvalue weighted by atomic mass is 10.0. The maximum atomic E-state index is 10.9. The Hall–Kier alpha value is -2.57. The number of ether oxygens (including phenoxy) is 1. The minimum atomic E-state index is -1.57. The van der Waals surface area contributed by atoms with Gasteiger partial charge in [-0.15, -0.1) is 0 Å². The van der Waals surface area contributed by atoms with Crippen molar-refractivity contribution >= 4 is 17.9 Å². The molecule has 0 unspecified atom stereocenters. The second kappa shape index (κ2) is 4.52. The first-order chi connectivity index (χ1) is 7.90. The summed E-state index contributed by atoms with van der Waals surface area (Å²) in [5, 5.41) is 26.5. The molecule has 0 aromatic heterocycles. The van der Waals surface area contributed by atoms with E-state index in [4.69, 9.17) is 15.3 Å². The smallest absolute Gasteiger partial charge is 0.340 e. The standard InChI is InChI=1S/C10H8O7/c1-17-7-5(9(13)14)3-2-4(8(11)12)6(7)10(15)16/h2-3H,1H3,(H,11,12)(H,13,14)(H,15,16). The van der Waals surface area contributed by atoms with Gasteiger partial charge in [-0.2, -0.15) is 0 Å². The lowest BCUT2D eigenvalue weighted by Gasteiger charge is -2.10. The van der Waals surface area contributed by atoms with Crippen molar-refractivity contribution in [2.75, 3.05) is 7.11 Å². The molecule has 17 heavy (non-hydrogen) atoms. The highest BCUT2D eigenvalue weighted by Gasteiger charge is 2.26. The third-order valence-electron chi connectivity index (χ3n) is 2.04. The van der Waals surface area contributed by atoms with Crippen molar-refractivity contribution in [3.63, 3.8) is 0 Å². The summed E-state index contributed by atoms with van der Waals surface area (Å²) >= 11 is 0. The van der Waals surface area contributed by atoms with Gasteiger partial charge in [0.2, 0.25) is 0 Å². The summed E-state index contributed by atoms with van der Waals surface area (Å²) in [6, 6.07) is 1.90. The topological polar surface area (TPSA) is 121 Å². The SMILES string of the molecule is COc1c(C(=O)O)ccc(C(=O)O)c1C(=O)O. The van der Waals surface area contributed by atoms with Gasteiger partial charge in [0.25, 0.3) is 0 Å². The summed E-state index contributed by atoms with van der Waals surface area (Å²) in [4.78, 5) is 32.6. The van der Waals surface area contributed by atoms with Crippen LogP contribution in [-0.4, -0.2) is 40.3 Å². The number of benzene rings is 1. The van der Waals surface area contributed by atoms with Crippen molar-refractivity contribution in [3.05, 3.63) is 28.8 Å². The molecule has 0 saturated heterocycles. The summed E-state index contributed by atoms with van der Waals surface area (Å²) in [6.07, 6.45) is 0. The molecule has 0 atom stereocenters. The summed E-state index contributed by atoms with van der Waals surface area (Å²) in [5.74, 6) is -4.92. The van der Waals surface area contributed by atoms with Gasteiger partial charge in [-0.1, -0.05) is 0 Å². The zero-order chi connectivity index (χ0) is 13.2. The highest BCUT2D eigenvalue weighted by Crippen LogP contribution is 2.27. The van der Waals surface area contributed by atoms with E-state index in [1.165, 1.54) is 0 Å². The van der Waals surface area contributed by atoms with Crippen LogP contribution in [0.5, 0.6) is 5.75 Å². The molecule has 90 valence electrons. The molecule has 0 heterocycles. The Morgan fingerprint density at radius 3 is 1.76 bits per heavy atom. The Labute approximate surface area is 94.9 Å². The molecule has 7 nitrogen and oxygen atoms in total. The number of methoxy groups -OCH3 is 1. The van der Waals surface area contributed by atoms with Gasteiger partial charge in [0.1, 0.15) is 16.9 Å². The first-order valence-electron chi connectivity index (χ1n) is 4.31. The Balaban J connectivity index is 3.67. The van der Waals surface area contributed by atoms with Crippen LogP contribution >= 0.6 is 0 Å².